The summed E-state index contributed by atoms with van der Waals surface area (Å²) in [6, 6.07) is 7.81. The van der Waals surface area contributed by atoms with Gasteiger partial charge in [-0.2, -0.15) is 5.10 Å². The second-order valence-electron chi connectivity index (χ2n) is 4.19. The van der Waals surface area contributed by atoms with Crippen molar-refractivity contribution in [1.82, 2.24) is 14.8 Å². The summed E-state index contributed by atoms with van der Waals surface area (Å²) in [5.74, 6) is 1.36. The number of fused-ring (bicyclic) bond motifs is 1. The third-order valence-electron chi connectivity index (χ3n) is 3.06. The van der Waals surface area contributed by atoms with Gasteiger partial charge in [0.2, 0.25) is 0 Å². The second kappa shape index (κ2) is 3.80. The van der Waals surface area contributed by atoms with Gasteiger partial charge in [-0.25, -0.2) is 0 Å². The van der Waals surface area contributed by atoms with E-state index in [1.54, 1.807) is 11.8 Å². The average molecular weight is 242 g/mol. The summed E-state index contributed by atoms with van der Waals surface area (Å²) >= 11 is 0. The van der Waals surface area contributed by atoms with Gasteiger partial charge in [0.15, 0.2) is 0 Å². The Hall–Kier alpha value is -2.43. The first-order chi connectivity index (χ1) is 8.69. The Labute approximate surface area is 104 Å². The van der Waals surface area contributed by atoms with E-state index in [-0.39, 0.29) is 0 Å². The zero-order valence-electron chi connectivity index (χ0n) is 10.3. The Balaban J connectivity index is 2.21. The van der Waals surface area contributed by atoms with E-state index in [1.165, 1.54) is 0 Å². The number of aryl methyl sites for hydroxylation is 1. The molecule has 1 aromatic carbocycles. The van der Waals surface area contributed by atoms with Gasteiger partial charge in [0.05, 0.1) is 12.8 Å². The van der Waals surface area contributed by atoms with Crippen LogP contribution in [0.15, 0.2) is 30.5 Å². The van der Waals surface area contributed by atoms with Crippen molar-refractivity contribution in [2.75, 3.05) is 12.8 Å². The van der Waals surface area contributed by atoms with E-state index in [0.717, 1.165) is 27.9 Å². The highest BCUT2D eigenvalue weighted by Gasteiger charge is 2.11. The SMILES string of the molecule is COc1ccc2c(-c3cc(N)nn3C)c[nH]c2c1. The van der Waals surface area contributed by atoms with Gasteiger partial charge in [0.1, 0.15) is 11.6 Å². The van der Waals surface area contributed by atoms with Gasteiger partial charge in [-0.15, -0.1) is 0 Å². The number of aromatic nitrogens is 3. The van der Waals surface area contributed by atoms with Crippen LogP contribution in [0.3, 0.4) is 0 Å². The molecule has 3 N–H and O–H groups in total. The lowest BCUT2D eigenvalue weighted by Gasteiger charge is -2.01. The van der Waals surface area contributed by atoms with Gasteiger partial charge >= 0.3 is 0 Å². The van der Waals surface area contributed by atoms with Crippen LogP contribution in [0.2, 0.25) is 0 Å². The number of H-pyrrole nitrogens is 1. The monoisotopic (exact) mass is 242 g/mol. The molecule has 0 aliphatic carbocycles. The first-order valence-corrected chi connectivity index (χ1v) is 5.64. The van der Waals surface area contributed by atoms with Crippen molar-refractivity contribution in [2.24, 2.45) is 7.05 Å². The first kappa shape index (κ1) is 10.7. The number of nitrogens with two attached hydrogens (primary N) is 1. The van der Waals surface area contributed by atoms with Crippen molar-refractivity contribution in [3.05, 3.63) is 30.5 Å². The molecule has 0 aliphatic heterocycles. The lowest BCUT2D eigenvalue weighted by Crippen LogP contribution is -1.94. The lowest BCUT2D eigenvalue weighted by molar-refractivity contribution is 0.415. The number of rotatable bonds is 2. The molecule has 0 fully saturated rings. The maximum absolute atomic E-state index is 5.71. The van der Waals surface area contributed by atoms with Crippen molar-refractivity contribution in [3.8, 4) is 17.0 Å². The normalized spacial score (nSPS) is 11.0. The smallest absolute Gasteiger partial charge is 0.146 e. The number of benzene rings is 1. The molecule has 2 heterocycles. The quantitative estimate of drug-likeness (QED) is 0.723. The number of nitrogens with zero attached hydrogens (tertiary/aromatic N) is 2. The second-order valence-corrected chi connectivity index (χ2v) is 4.19. The Morgan fingerprint density at radius 2 is 2.17 bits per heavy atom. The number of hydrogen-bond donors (Lipinski definition) is 2. The predicted molar refractivity (Wildman–Crippen MR) is 71.5 cm³/mol. The average Bonchev–Trinajstić information content (AvgIpc) is 2.91. The molecule has 0 saturated heterocycles. The highest BCUT2D eigenvalue weighted by Crippen LogP contribution is 2.31. The summed E-state index contributed by atoms with van der Waals surface area (Å²) in [6.45, 7) is 0. The zero-order chi connectivity index (χ0) is 12.7. The minimum atomic E-state index is 0.523. The molecule has 0 spiro atoms. The van der Waals surface area contributed by atoms with Crippen LogP contribution < -0.4 is 10.5 Å². The van der Waals surface area contributed by atoms with Crippen molar-refractivity contribution in [2.45, 2.75) is 0 Å². The highest BCUT2D eigenvalue weighted by atomic mass is 16.5. The summed E-state index contributed by atoms with van der Waals surface area (Å²) in [5, 5.41) is 5.29. The molecule has 0 radical (unpaired) electrons. The molecule has 0 unspecified atom stereocenters. The Morgan fingerprint density at radius 3 is 2.83 bits per heavy atom. The van der Waals surface area contributed by atoms with Crippen LogP contribution in [0.5, 0.6) is 5.75 Å². The molecule has 18 heavy (non-hydrogen) atoms. The van der Waals surface area contributed by atoms with Crippen LogP contribution in [0.1, 0.15) is 0 Å². The van der Waals surface area contributed by atoms with E-state index in [0.29, 0.717) is 5.82 Å². The van der Waals surface area contributed by atoms with Gasteiger partial charge in [-0.05, 0) is 12.1 Å². The number of ether oxygens (including phenoxy) is 1. The minimum Gasteiger partial charge on any atom is -0.497 e. The molecular formula is C13H14N4O. The number of nitrogen functional groups attached to an aromatic ring is 1. The summed E-state index contributed by atoms with van der Waals surface area (Å²) in [6.07, 6.45) is 1.96. The topological polar surface area (TPSA) is 68.9 Å². The van der Waals surface area contributed by atoms with E-state index in [9.17, 15) is 0 Å². The standard InChI is InChI=1S/C13H14N4O/c1-17-12(6-13(14)16-17)10-7-15-11-5-8(18-2)3-4-9(10)11/h3-7,15H,1-2H3,(H2,14,16). The third-order valence-corrected chi connectivity index (χ3v) is 3.06. The number of aromatic amines is 1. The van der Waals surface area contributed by atoms with Crippen molar-refractivity contribution in [1.29, 1.82) is 0 Å². The minimum absolute atomic E-state index is 0.523. The Kier molecular flexibility index (Phi) is 2.26. The van der Waals surface area contributed by atoms with Crippen molar-refractivity contribution >= 4 is 16.7 Å². The fraction of sp³-hybridized carbons (Fsp3) is 0.154. The fourth-order valence-corrected chi connectivity index (χ4v) is 2.19. The van der Waals surface area contributed by atoms with Crippen molar-refractivity contribution in [3.63, 3.8) is 0 Å². The van der Waals surface area contributed by atoms with Gasteiger partial charge in [0, 0.05) is 41.8 Å². The first-order valence-electron chi connectivity index (χ1n) is 5.64. The van der Waals surface area contributed by atoms with Crippen LogP contribution >= 0.6 is 0 Å². The fourth-order valence-electron chi connectivity index (χ4n) is 2.19. The van der Waals surface area contributed by atoms with Crippen LogP contribution in [0, 0.1) is 0 Å². The van der Waals surface area contributed by atoms with Crippen LogP contribution in [0.4, 0.5) is 5.82 Å². The van der Waals surface area contributed by atoms with E-state index >= 15 is 0 Å². The molecule has 0 atom stereocenters. The summed E-state index contributed by atoms with van der Waals surface area (Å²) < 4.78 is 6.99. The largest absolute Gasteiger partial charge is 0.497 e. The third kappa shape index (κ3) is 1.52. The molecule has 0 aliphatic rings. The van der Waals surface area contributed by atoms with Gasteiger partial charge in [0.25, 0.3) is 0 Å². The van der Waals surface area contributed by atoms with Gasteiger partial charge in [-0.3, -0.25) is 4.68 Å². The summed E-state index contributed by atoms with van der Waals surface area (Å²) in [7, 11) is 3.54. The summed E-state index contributed by atoms with van der Waals surface area (Å²) in [4.78, 5) is 3.24. The van der Waals surface area contributed by atoms with E-state index in [2.05, 4.69) is 10.1 Å². The van der Waals surface area contributed by atoms with Crippen LogP contribution in [0.25, 0.3) is 22.2 Å². The number of nitrogens with one attached hydrogen (secondary N) is 1. The van der Waals surface area contributed by atoms with Crippen LogP contribution in [-0.4, -0.2) is 21.9 Å². The Bertz CT molecular complexity index is 711. The number of hydrogen-bond acceptors (Lipinski definition) is 3. The van der Waals surface area contributed by atoms with Gasteiger partial charge < -0.3 is 15.5 Å². The van der Waals surface area contributed by atoms with Crippen LogP contribution in [-0.2, 0) is 7.05 Å². The molecule has 3 aromatic rings. The molecule has 5 heteroatoms. The zero-order valence-corrected chi connectivity index (χ0v) is 10.3. The molecule has 2 aromatic heterocycles. The molecule has 92 valence electrons. The van der Waals surface area contributed by atoms with Crippen molar-refractivity contribution < 1.29 is 4.74 Å². The molecule has 0 bridgehead atoms. The molecule has 5 nitrogen and oxygen atoms in total. The maximum atomic E-state index is 5.71. The maximum Gasteiger partial charge on any atom is 0.146 e. The van der Waals surface area contributed by atoms with E-state index < -0.39 is 0 Å². The number of anilines is 1. The van der Waals surface area contributed by atoms with E-state index in [4.69, 9.17) is 10.5 Å². The van der Waals surface area contributed by atoms with Gasteiger partial charge in [-0.1, -0.05) is 0 Å². The Morgan fingerprint density at radius 1 is 1.33 bits per heavy atom. The molecular weight excluding hydrogens is 228 g/mol. The molecule has 3 rings (SSSR count). The number of methoxy groups -OCH3 is 1. The predicted octanol–water partition coefficient (Wildman–Crippen LogP) is 2.16. The lowest BCUT2D eigenvalue weighted by atomic mass is 10.1. The highest BCUT2D eigenvalue weighted by molar-refractivity contribution is 5.95. The molecule has 0 amide bonds. The summed E-state index contributed by atoms with van der Waals surface area (Å²) in [5.41, 5.74) is 8.82. The molecule has 0 saturated carbocycles. The van der Waals surface area contributed by atoms with E-state index in [1.807, 2.05) is 37.5 Å².